The van der Waals surface area contributed by atoms with Crippen molar-refractivity contribution in [2.45, 2.75) is 72.0 Å². The Balaban J connectivity index is 1.40. The number of carbonyl (C=O) groups excluding carboxylic acids is 1. The van der Waals surface area contributed by atoms with Gasteiger partial charge in [0.15, 0.2) is 0 Å². The molecule has 1 saturated carbocycles. The normalized spacial score (nSPS) is 23.9. The molecule has 0 unspecified atom stereocenters. The van der Waals surface area contributed by atoms with Crippen LogP contribution in [0.2, 0.25) is 0 Å². The maximum Gasteiger partial charge on any atom is 0.251 e. The van der Waals surface area contributed by atoms with E-state index in [-0.39, 0.29) is 5.91 Å². The van der Waals surface area contributed by atoms with Crippen LogP contribution in [0.5, 0.6) is 0 Å². The Morgan fingerprint density at radius 1 is 1.17 bits per heavy atom. The molecular weight excluding hydrogens is 370 g/mol. The second-order valence-electron chi connectivity index (χ2n) is 9.40. The number of pyridine rings is 1. The summed E-state index contributed by atoms with van der Waals surface area (Å²) >= 11 is 0. The molecule has 1 aromatic heterocycles. The van der Waals surface area contributed by atoms with Gasteiger partial charge in [-0.1, -0.05) is 38.8 Å². The van der Waals surface area contributed by atoms with Gasteiger partial charge in [-0.3, -0.25) is 14.7 Å². The quantitative estimate of drug-likeness (QED) is 0.699. The Hall–Kier alpha value is -2.20. The average Bonchev–Trinajstić information content (AvgIpc) is 3.10. The van der Waals surface area contributed by atoms with Crippen molar-refractivity contribution < 1.29 is 4.79 Å². The lowest BCUT2D eigenvalue weighted by molar-refractivity contribution is 0.0950. The Labute approximate surface area is 181 Å². The molecule has 2 aromatic rings. The number of aryl methyl sites for hydroxylation is 1. The molecule has 1 aliphatic carbocycles. The predicted octanol–water partition coefficient (Wildman–Crippen LogP) is 5.41. The molecule has 1 amide bonds. The van der Waals surface area contributed by atoms with Gasteiger partial charge in [-0.25, -0.2) is 0 Å². The highest BCUT2D eigenvalue weighted by Gasteiger charge is 2.31. The Morgan fingerprint density at radius 3 is 2.67 bits per heavy atom. The summed E-state index contributed by atoms with van der Waals surface area (Å²) in [6, 6.07) is 10.8. The molecule has 1 N–H and O–H groups in total. The molecule has 2 heterocycles. The molecule has 0 bridgehead atoms. The number of carbonyl (C=O) groups is 1. The van der Waals surface area contributed by atoms with Crippen LogP contribution in [0.3, 0.4) is 0 Å². The first kappa shape index (κ1) is 21.0. The highest BCUT2D eigenvalue weighted by Crippen LogP contribution is 2.39. The van der Waals surface area contributed by atoms with Gasteiger partial charge in [0, 0.05) is 30.9 Å². The van der Waals surface area contributed by atoms with Crippen LogP contribution in [0, 0.1) is 18.8 Å². The fourth-order valence-corrected chi connectivity index (χ4v) is 5.12. The van der Waals surface area contributed by atoms with Crippen molar-refractivity contribution in [2.24, 2.45) is 11.8 Å². The molecule has 0 spiro atoms. The summed E-state index contributed by atoms with van der Waals surface area (Å²) in [4.78, 5) is 19.7. The second kappa shape index (κ2) is 9.30. The molecule has 1 aromatic carbocycles. The van der Waals surface area contributed by atoms with Gasteiger partial charge in [0.05, 0.1) is 12.2 Å². The fourth-order valence-electron chi connectivity index (χ4n) is 5.12. The Morgan fingerprint density at radius 2 is 1.97 bits per heavy atom. The lowest BCUT2D eigenvalue weighted by atomic mass is 9.82. The van der Waals surface area contributed by atoms with Crippen molar-refractivity contribution in [3.05, 3.63) is 64.5 Å². The number of hydrogen-bond acceptors (Lipinski definition) is 3. The SMILES string of the molecule is CC[C@@H]1c2ccc(C(=O)NCc3ccc(C)cn3)cc2CN1CC1CCC(C)CC1. The van der Waals surface area contributed by atoms with E-state index in [4.69, 9.17) is 0 Å². The molecule has 4 rings (SSSR count). The predicted molar refractivity (Wildman–Crippen MR) is 121 cm³/mol. The van der Waals surface area contributed by atoms with Crippen LogP contribution in [0.1, 0.15) is 84.7 Å². The number of hydrogen-bond donors (Lipinski definition) is 1. The molecular formula is C26H35N3O. The molecule has 2 aliphatic rings. The van der Waals surface area contributed by atoms with E-state index in [1.807, 2.05) is 31.3 Å². The van der Waals surface area contributed by atoms with Crippen molar-refractivity contribution >= 4 is 5.91 Å². The molecule has 30 heavy (non-hydrogen) atoms. The molecule has 0 saturated heterocycles. The van der Waals surface area contributed by atoms with E-state index in [2.05, 4.69) is 41.2 Å². The summed E-state index contributed by atoms with van der Waals surface area (Å²) in [5, 5.41) is 3.02. The van der Waals surface area contributed by atoms with Gasteiger partial charge in [-0.2, -0.15) is 0 Å². The highest BCUT2D eigenvalue weighted by molar-refractivity contribution is 5.94. The number of fused-ring (bicyclic) bond motifs is 1. The molecule has 4 nitrogen and oxygen atoms in total. The van der Waals surface area contributed by atoms with Crippen LogP contribution in [0.4, 0.5) is 0 Å². The van der Waals surface area contributed by atoms with Crippen molar-refractivity contribution in [2.75, 3.05) is 6.54 Å². The zero-order valence-electron chi connectivity index (χ0n) is 18.7. The van der Waals surface area contributed by atoms with E-state index in [1.165, 1.54) is 43.4 Å². The van der Waals surface area contributed by atoms with Gasteiger partial charge in [-0.15, -0.1) is 0 Å². The van der Waals surface area contributed by atoms with Crippen LogP contribution in [-0.2, 0) is 13.1 Å². The molecule has 4 heteroatoms. The van der Waals surface area contributed by atoms with Crippen LogP contribution in [0.25, 0.3) is 0 Å². The van der Waals surface area contributed by atoms with E-state index in [0.717, 1.165) is 41.6 Å². The minimum Gasteiger partial charge on any atom is -0.346 e. The van der Waals surface area contributed by atoms with E-state index in [9.17, 15) is 4.79 Å². The highest BCUT2D eigenvalue weighted by atomic mass is 16.1. The summed E-state index contributed by atoms with van der Waals surface area (Å²) in [5.74, 6) is 1.71. The van der Waals surface area contributed by atoms with E-state index in [0.29, 0.717) is 12.6 Å². The van der Waals surface area contributed by atoms with E-state index < -0.39 is 0 Å². The number of nitrogens with one attached hydrogen (secondary N) is 1. The first-order chi connectivity index (χ1) is 14.5. The summed E-state index contributed by atoms with van der Waals surface area (Å²) in [5.41, 5.74) is 5.50. The van der Waals surface area contributed by atoms with Crippen molar-refractivity contribution in [3.63, 3.8) is 0 Å². The van der Waals surface area contributed by atoms with Gasteiger partial charge in [-0.05, 0) is 72.9 Å². The third-order valence-electron chi connectivity index (χ3n) is 7.00. The van der Waals surface area contributed by atoms with Crippen LogP contribution in [0.15, 0.2) is 36.5 Å². The van der Waals surface area contributed by atoms with Crippen LogP contribution >= 0.6 is 0 Å². The maximum absolute atomic E-state index is 12.7. The summed E-state index contributed by atoms with van der Waals surface area (Å²) in [7, 11) is 0. The molecule has 1 fully saturated rings. The Bertz CT molecular complexity index is 868. The van der Waals surface area contributed by atoms with Crippen LogP contribution < -0.4 is 5.32 Å². The minimum atomic E-state index is -0.0204. The first-order valence-electron chi connectivity index (χ1n) is 11.6. The Kier molecular flexibility index (Phi) is 6.52. The van der Waals surface area contributed by atoms with E-state index >= 15 is 0 Å². The monoisotopic (exact) mass is 405 g/mol. The zero-order valence-corrected chi connectivity index (χ0v) is 18.7. The maximum atomic E-state index is 12.7. The fraction of sp³-hybridized carbons (Fsp3) is 0.538. The van der Waals surface area contributed by atoms with Crippen molar-refractivity contribution in [3.8, 4) is 0 Å². The number of nitrogens with zero attached hydrogens (tertiary/aromatic N) is 2. The van der Waals surface area contributed by atoms with Crippen molar-refractivity contribution in [1.82, 2.24) is 15.2 Å². The average molecular weight is 406 g/mol. The largest absolute Gasteiger partial charge is 0.346 e. The second-order valence-corrected chi connectivity index (χ2v) is 9.40. The summed E-state index contributed by atoms with van der Waals surface area (Å²) in [6.45, 7) is 9.31. The van der Waals surface area contributed by atoms with E-state index in [1.54, 1.807) is 0 Å². The van der Waals surface area contributed by atoms with Gasteiger partial charge in [0.25, 0.3) is 5.91 Å². The van der Waals surface area contributed by atoms with Crippen LogP contribution in [-0.4, -0.2) is 22.3 Å². The smallest absolute Gasteiger partial charge is 0.251 e. The van der Waals surface area contributed by atoms with Crippen molar-refractivity contribution in [1.29, 1.82) is 0 Å². The first-order valence-corrected chi connectivity index (χ1v) is 11.6. The number of rotatable bonds is 6. The molecule has 1 aliphatic heterocycles. The standard InChI is InChI=1S/C26H35N3O/c1-4-25-24-12-10-21(26(30)28-15-23-11-7-19(3)14-27-23)13-22(24)17-29(25)16-20-8-5-18(2)6-9-20/h7,10-14,18,20,25H,4-6,8-9,15-17H2,1-3H3,(H,28,30)/t18?,20?,25-/m1/s1. The van der Waals surface area contributed by atoms with Gasteiger partial charge in [0.2, 0.25) is 0 Å². The number of aromatic nitrogens is 1. The summed E-state index contributed by atoms with van der Waals surface area (Å²) in [6.07, 6.45) is 8.45. The molecule has 0 radical (unpaired) electrons. The minimum absolute atomic E-state index is 0.0204. The van der Waals surface area contributed by atoms with Gasteiger partial charge < -0.3 is 5.32 Å². The molecule has 1 atom stereocenters. The lowest BCUT2D eigenvalue weighted by Gasteiger charge is -2.32. The third kappa shape index (κ3) is 4.75. The number of benzene rings is 1. The third-order valence-corrected chi connectivity index (χ3v) is 7.00. The van der Waals surface area contributed by atoms with Gasteiger partial charge in [0.1, 0.15) is 0 Å². The summed E-state index contributed by atoms with van der Waals surface area (Å²) < 4.78 is 0. The lowest BCUT2D eigenvalue weighted by Crippen LogP contribution is -2.30. The molecule has 160 valence electrons. The topological polar surface area (TPSA) is 45.2 Å². The zero-order chi connectivity index (χ0) is 21.1. The number of amides is 1. The van der Waals surface area contributed by atoms with Gasteiger partial charge >= 0.3 is 0 Å².